The fourth-order valence-corrected chi connectivity index (χ4v) is 1.84. The molecule has 1 heterocycles. The first-order chi connectivity index (χ1) is 9.20. The average molecular weight is 259 g/mol. The molecule has 4 N–H and O–H groups in total. The highest BCUT2D eigenvalue weighted by molar-refractivity contribution is 5.99. The van der Waals surface area contributed by atoms with Crippen molar-refractivity contribution >= 4 is 11.6 Å². The van der Waals surface area contributed by atoms with Crippen molar-refractivity contribution in [1.82, 2.24) is 15.1 Å². The maximum atomic E-state index is 12.1. The molecule has 1 atom stereocenters. The normalized spacial score (nSPS) is 11.9. The predicted octanol–water partition coefficient (Wildman–Crippen LogP) is 0.987. The van der Waals surface area contributed by atoms with E-state index >= 15 is 0 Å². The topological polar surface area (TPSA) is 85.0 Å². The van der Waals surface area contributed by atoms with Gasteiger partial charge in [0, 0.05) is 18.4 Å². The average Bonchev–Trinajstić information content (AvgIpc) is 2.91. The number of aromatic nitrogens is 2. The Labute approximate surface area is 111 Å². The lowest BCUT2D eigenvalue weighted by atomic mass is 10.1. The van der Waals surface area contributed by atoms with Crippen LogP contribution in [0.5, 0.6) is 0 Å². The SMILES string of the molecule is CC(Cn1cccn1)NC(=O)c1ccccc1NN. The minimum atomic E-state index is -0.159. The van der Waals surface area contributed by atoms with Crippen LogP contribution in [0, 0.1) is 0 Å². The zero-order chi connectivity index (χ0) is 13.7. The summed E-state index contributed by atoms with van der Waals surface area (Å²) in [6.45, 7) is 2.55. The molecule has 0 radical (unpaired) electrons. The van der Waals surface area contributed by atoms with E-state index in [-0.39, 0.29) is 11.9 Å². The number of rotatable bonds is 5. The smallest absolute Gasteiger partial charge is 0.253 e. The van der Waals surface area contributed by atoms with Gasteiger partial charge in [-0.15, -0.1) is 0 Å². The summed E-state index contributed by atoms with van der Waals surface area (Å²) in [7, 11) is 0. The Hall–Kier alpha value is -2.34. The molecule has 0 saturated carbocycles. The molecule has 1 unspecified atom stereocenters. The summed E-state index contributed by atoms with van der Waals surface area (Å²) in [6, 6.07) is 8.92. The Morgan fingerprint density at radius 3 is 2.89 bits per heavy atom. The standard InChI is InChI=1S/C13H17N5O/c1-10(9-18-8-4-7-15-18)16-13(19)11-5-2-3-6-12(11)17-14/h2-8,10,17H,9,14H2,1H3,(H,16,19). The fraction of sp³-hybridized carbons (Fsp3) is 0.231. The zero-order valence-electron chi connectivity index (χ0n) is 10.7. The number of amides is 1. The van der Waals surface area contributed by atoms with E-state index in [0.717, 1.165) is 0 Å². The number of carbonyl (C=O) groups excluding carboxylic acids is 1. The third kappa shape index (κ3) is 3.32. The van der Waals surface area contributed by atoms with Crippen molar-refractivity contribution in [1.29, 1.82) is 0 Å². The summed E-state index contributed by atoms with van der Waals surface area (Å²) in [6.07, 6.45) is 3.57. The Bertz CT molecular complexity index is 538. The van der Waals surface area contributed by atoms with Gasteiger partial charge in [-0.05, 0) is 25.1 Å². The van der Waals surface area contributed by atoms with Crippen LogP contribution in [-0.4, -0.2) is 21.7 Å². The predicted molar refractivity (Wildman–Crippen MR) is 73.4 cm³/mol. The molecule has 0 aliphatic rings. The summed E-state index contributed by atoms with van der Waals surface area (Å²) in [5.74, 6) is 5.23. The van der Waals surface area contributed by atoms with Crippen molar-refractivity contribution < 1.29 is 4.79 Å². The van der Waals surface area contributed by atoms with Crippen molar-refractivity contribution in [3.05, 3.63) is 48.3 Å². The second-order valence-electron chi connectivity index (χ2n) is 4.29. The van der Waals surface area contributed by atoms with Gasteiger partial charge in [-0.2, -0.15) is 5.10 Å². The van der Waals surface area contributed by atoms with Crippen molar-refractivity contribution in [2.75, 3.05) is 5.43 Å². The van der Waals surface area contributed by atoms with Crippen LogP contribution in [0.3, 0.4) is 0 Å². The van der Waals surface area contributed by atoms with Gasteiger partial charge in [0.15, 0.2) is 0 Å². The van der Waals surface area contributed by atoms with Crippen LogP contribution in [0.1, 0.15) is 17.3 Å². The lowest BCUT2D eigenvalue weighted by Gasteiger charge is -2.15. The Morgan fingerprint density at radius 1 is 1.42 bits per heavy atom. The number of nitrogens with one attached hydrogen (secondary N) is 2. The van der Waals surface area contributed by atoms with Crippen LogP contribution in [0.2, 0.25) is 0 Å². The van der Waals surface area contributed by atoms with Gasteiger partial charge < -0.3 is 10.7 Å². The van der Waals surface area contributed by atoms with Gasteiger partial charge in [-0.1, -0.05) is 12.1 Å². The van der Waals surface area contributed by atoms with Gasteiger partial charge in [0.25, 0.3) is 5.91 Å². The van der Waals surface area contributed by atoms with Gasteiger partial charge in [-0.3, -0.25) is 15.3 Å². The van der Waals surface area contributed by atoms with E-state index in [1.807, 2.05) is 25.3 Å². The number of para-hydroxylation sites is 1. The van der Waals surface area contributed by atoms with E-state index in [2.05, 4.69) is 15.8 Å². The van der Waals surface area contributed by atoms with Crippen molar-refractivity contribution in [3.8, 4) is 0 Å². The maximum Gasteiger partial charge on any atom is 0.253 e. The molecule has 2 rings (SSSR count). The minimum absolute atomic E-state index is 0.0294. The summed E-state index contributed by atoms with van der Waals surface area (Å²) >= 11 is 0. The molecule has 100 valence electrons. The lowest BCUT2D eigenvalue weighted by molar-refractivity contribution is 0.0937. The Balaban J connectivity index is 2.00. The first-order valence-corrected chi connectivity index (χ1v) is 6.04. The van der Waals surface area contributed by atoms with Crippen molar-refractivity contribution in [2.45, 2.75) is 19.5 Å². The number of hydrogen-bond acceptors (Lipinski definition) is 4. The minimum Gasteiger partial charge on any atom is -0.348 e. The monoisotopic (exact) mass is 259 g/mol. The maximum absolute atomic E-state index is 12.1. The molecule has 0 aliphatic heterocycles. The molecule has 1 aromatic carbocycles. The molecular weight excluding hydrogens is 242 g/mol. The second-order valence-corrected chi connectivity index (χ2v) is 4.29. The van der Waals surface area contributed by atoms with E-state index in [9.17, 15) is 4.79 Å². The molecule has 0 saturated heterocycles. The number of hydrogen-bond donors (Lipinski definition) is 3. The van der Waals surface area contributed by atoms with Gasteiger partial charge >= 0.3 is 0 Å². The molecule has 1 aromatic heterocycles. The molecular formula is C13H17N5O. The molecule has 19 heavy (non-hydrogen) atoms. The number of nitrogen functional groups attached to an aromatic ring is 1. The van der Waals surface area contributed by atoms with Gasteiger partial charge in [0.2, 0.25) is 0 Å². The van der Waals surface area contributed by atoms with E-state index in [1.54, 1.807) is 29.1 Å². The van der Waals surface area contributed by atoms with E-state index in [1.165, 1.54) is 0 Å². The second kappa shape index (κ2) is 6.01. The van der Waals surface area contributed by atoms with Crippen LogP contribution in [0.15, 0.2) is 42.7 Å². The summed E-state index contributed by atoms with van der Waals surface area (Å²) < 4.78 is 1.78. The Kier molecular flexibility index (Phi) is 4.15. The highest BCUT2D eigenvalue weighted by Crippen LogP contribution is 2.13. The van der Waals surface area contributed by atoms with Gasteiger partial charge in [0.05, 0.1) is 17.8 Å². The largest absolute Gasteiger partial charge is 0.348 e. The highest BCUT2D eigenvalue weighted by Gasteiger charge is 2.13. The van der Waals surface area contributed by atoms with Crippen LogP contribution >= 0.6 is 0 Å². The van der Waals surface area contributed by atoms with E-state index < -0.39 is 0 Å². The summed E-state index contributed by atoms with van der Waals surface area (Å²) in [4.78, 5) is 12.1. The molecule has 0 fully saturated rings. The first kappa shape index (κ1) is 13.1. The number of benzene rings is 1. The number of carbonyl (C=O) groups is 1. The zero-order valence-corrected chi connectivity index (χ0v) is 10.7. The number of anilines is 1. The number of nitrogens with two attached hydrogens (primary N) is 1. The van der Waals surface area contributed by atoms with E-state index in [4.69, 9.17) is 5.84 Å². The molecule has 0 spiro atoms. The van der Waals surface area contributed by atoms with Crippen LogP contribution in [0.4, 0.5) is 5.69 Å². The van der Waals surface area contributed by atoms with Gasteiger partial charge in [-0.25, -0.2) is 0 Å². The molecule has 0 aliphatic carbocycles. The lowest BCUT2D eigenvalue weighted by Crippen LogP contribution is -2.36. The molecule has 2 aromatic rings. The summed E-state index contributed by atoms with van der Waals surface area (Å²) in [5.41, 5.74) is 3.65. The number of hydrazine groups is 1. The molecule has 0 bridgehead atoms. The Morgan fingerprint density at radius 2 is 2.21 bits per heavy atom. The van der Waals surface area contributed by atoms with E-state index in [0.29, 0.717) is 17.8 Å². The molecule has 6 heteroatoms. The van der Waals surface area contributed by atoms with Crippen LogP contribution < -0.4 is 16.6 Å². The van der Waals surface area contributed by atoms with Crippen molar-refractivity contribution in [2.24, 2.45) is 5.84 Å². The molecule has 6 nitrogen and oxygen atoms in total. The quantitative estimate of drug-likeness (QED) is 0.552. The first-order valence-electron chi connectivity index (χ1n) is 6.04. The summed E-state index contributed by atoms with van der Waals surface area (Å²) in [5, 5.41) is 7.02. The van der Waals surface area contributed by atoms with Gasteiger partial charge in [0.1, 0.15) is 0 Å². The fourth-order valence-electron chi connectivity index (χ4n) is 1.84. The third-order valence-corrected chi connectivity index (χ3v) is 2.72. The highest BCUT2D eigenvalue weighted by atomic mass is 16.1. The number of nitrogens with zero attached hydrogens (tertiary/aromatic N) is 2. The van der Waals surface area contributed by atoms with Crippen molar-refractivity contribution in [3.63, 3.8) is 0 Å². The molecule has 1 amide bonds. The van der Waals surface area contributed by atoms with Crippen LogP contribution in [0.25, 0.3) is 0 Å². The van der Waals surface area contributed by atoms with Crippen LogP contribution in [-0.2, 0) is 6.54 Å². The third-order valence-electron chi connectivity index (χ3n) is 2.72.